The number of aliphatic hydroxyl groups is 1. The molecule has 3 aromatic heterocycles. The Kier molecular flexibility index (Phi) is 5.28. The molecule has 0 saturated heterocycles. The largest absolute Gasteiger partial charge is 0.435 e. The van der Waals surface area contributed by atoms with Crippen molar-refractivity contribution in [3.8, 4) is 16.9 Å². The molecular formula is C24H21F3N4O2. The second-order valence-electron chi connectivity index (χ2n) is 8.25. The molecule has 33 heavy (non-hydrogen) atoms. The summed E-state index contributed by atoms with van der Waals surface area (Å²) in [5.74, 6) is -0.0601. The van der Waals surface area contributed by atoms with Gasteiger partial charge in [-0.05, 0) is 32.3 Å². The molecule has 9 heteroatoms. The fourth-order valence-electron chi connectivity index (χ4n) is 4.14. The summed E-state index contributed by atoms with van der Waals surface area (Å²) in [7, 11) is 0. The molecule has 1 fully saturated rings. The SMILES string of the molecule is Cc1nc2cc(F)c(-c3cnc(C4(O)CCC4)nc3)cn2c1Cc1ccccc1OC(F)F. The van der Waals surface area contributed by atoms with E-state index in [1.54, 1.807) is 35.7 Å². The summed E-state index contributed by atoms with van der Waals surface area (Å²) in [6, 6.07) is 7.88. The van der Waals surface area contributed by atoms with E-state index in [9.17, 15) is 18.3 Å². The Balaban J connectivity index is 1.53. The van der Waals surface area contributed by atoms with Gasteiger partial charge in [0.2, 0.25) is 0 Å². The first-order valence-electron chi connectivity index (χ1n) is 10.6. The number of benzene rings is 1. The van der Waals surface area contributed by atoms with Crippen LogP contribution in [0.25, 0.3) is 16.8 Å². The summed E-state index contributed by atoms with van der Waals surface area (Å²) in [5, 5.41) is 10.4. The monoisotopic (exact) mass is 454 g/mol. The van der Waals surface area contributed by atoms with Crippen LogP contribution in [0.2, 0.25) is 0 Å². The number of nitrogens with zero attached hydrogens (tertiary/aromatic N) is 4. The number of hydrogen-bond donors (Lipinski definition) is 1. The average Bonchev–Trinajstić information content (AvgIpc) is 3.06. The van der Waals surface area contributed by atoms with Gasteiger partial charge in [0.25, 0.3) is 0 Å². The lowest BCUT2D eigenvalue weighted by Gasteiger charge is -2.34. The lowest BCUT2D eigenvalue weighted by molar-refractivity contribution is -0.0504. The zero-order valence-electron chi connectivity index (χ0n) is 17.8. The molecule has 5 rings (SSSR count). The van der Waals surface area contributed by atoms with Crippen molar-refractivity contribution in [2.24, 2.45) is 0 Å². The number of alkyl halides is 2. The Bertz CT molecular complexity index is 1320. The van der Waals surface area contributed by atoms with Crippen LogP contribution in [0.3, 0.4) is 0 Å². The zero-order valence-corrected chi connectivity index (χ0v) is 17.8. The van der Waals surface area contributed by atoms with Gasteiger partial charge < -0.3 is 14.2 Å². The summed E-state index contributed by atoms with van der Waals surface area (Å²) < 4.78 is 47.0. The maximum Gasteiger partial charge on any atom is 0.387 e. The number of imidazole rings is 1. The molecule has 1 aliphatic rings. The van der Waals surface area contributed by atoms with E-state index in [2.05, 4.69) is 19.7 Å². The van der Waals surface area contributed by atoms with Gasteiger partial charge in [-0.2, -0.15) is 8.78 Å². The number of fused-ring (bicyclic) bond motifs is 1. The first-order valence-corrected chi connectivity index (χ1v) is 10.6. The van der Waals surface area contributed by atoms with Crippen molar-refractivity contribution >= 4 is 5.65 Å². The standard InChI is InChI=1S/C24H21F3N4O2/c1-14-19(9-15-5-2-3-6-20(15)33-23(26)27)31-13-17(18(25)10-21(31)30-14)16-11-28-22(29-12-16)24(32)7-4-8-24/h2-3,5-6,10-13,23,32H,4,7-9H2,1H3. The fraction of sp³-hybridized carbons (Fsp3) is 0.292. The van der Waals surface area contributed by atoms with Crippen LogP contribution in [-0.2, 0) is 12.0 Å². The van der Waals surface area contributed by atoms with Crippen LogP contribution in [0.15, 0.2) is 48.9 Å². The highest BCUT2D eigenvalue weighted by Crippen LogP contribution is 2.39. The molecule has 0 amide bonds. The minimum atomic E-state index is -2.93. The van der Waals surface area contributed by atoms with Gasteiger partial charge in [0.05, 0.1) is 5.69 Å². The molecule has 1 saturated carbocycles. The third kappa shape index (κ3) is 3.93. The number of rotatable bonds is 6. The van der Waals surface area contributed by atoms with Gasteiger partial charge in [0.1, 0.15) is 22.8 Å². The molecule has 0 radical (unpaired) electrons. The number of para-hydroxylation sites is 1. The second-order valence-corrected chi connectivity index (χ2v) is 8.25. The zero-order chi connectivity index (χ0) is 23.2. The lowest BCUT2D eigenvalue weighted by Crippen LogP contribution is -2.35. The van der Waals surface area contributed by atoms with Crippen molar-refractivity contribution in [1.82, 2.24) is 19.4 Å². The van der Waals surface area contributed by atoms with Crippen LogP contribution in [0.4, 0.5) is 13.2 Å². The molecule has 1 aromatic carbocycles. The molecule has 0 bridgehead atoms. The number of ether oxygens (including phenoxy) is 1. The summed E-state index contributed by atoms with van der Waals surface area (Å²) in [5.41, 5.74) is 2.07. The number of hydrogen-bond acceptors (Lipinski definition) is 5. The highest BCUT2D eigenvalue weighted by atomic mass is 19.3. The van der Waals surface area contributed by atoms with E-state index < -0.39 is 18.0 Å². The molecule has 1 aliphatic carbocycles. The number of aromatic nitrogens is 4. The van der Waals surface area contributed by atoms with E-state index >= 15 is 0 Å². The summed E-state index contributed by atoms with van der Waals surface area (Å²) in [6.07, 6.45) is 7.01. The third-order valence-corrected chi connectivity index (χ3v) is 6.12. The molecule has 4 aromatic rings. The molecule has 0 unspecified atom stereocenters. The van der Waals surface area contributed by atoms with Crippen LogP contribution >= 0.6 is 0 Å². The molecule has 1 N–H and O–H groups in total. The summed E-state index contributed by atoms with van der Waals surface area (Å²) in [6.45, 7) is -1.15. The summed E-state index contributed by atoms with van der Waals surface area (Å²) in [4.78, 5) is 13.0. The van der Waals surface area contributed by atoms with Crippen molar-refractivity contribution < 1.29 is 23.0 Å². The van der Waals surface area contributed by atoms with Gasteiger partial charge in [-0.1, -0.05) is 18.2 Å². The normalized spacial score (nSPS) is 15.1. The highest BCUT2D eigenvalue weighted by molar-refractivity contribution is 5.64. The van der Waals surface area contributed by atoms with Crippen molar-refractivity contribution in [3.05, 3.63) is 77.5 Å². The molecule has 0 spiro atoms. The van der Waals surface area contributed by atoms with Crippen LogP contribution in [0, 0.1) is 12.7 Å². The van der Waals surface area contributed by atoms with E-state index in [-0.39, 0.29) is 17.7 Å². The fourth-order valence-corrected chi connectivity index (χ4v) is 4.14. The minimum absolute atomic E-state index is 0.0853. The Labute approximate surface area is 187 Å². The molecular weight excluding hydrogens is 433 g/mol. The van der Waals surface area contributed by atoms with Gasteiger partial charge in [0, 0.05) is 53.5 Å². The van der Waals surface area contributed by atoms with Gasteiger partial charge in [-0.25, -0.2) is 19.3 Å². The van der Waals surface area contributed by atoms with Gasteiger partial charge >= 0.3 is 6.61 Å². The van der Waals surface area contributed by atoms with E-state index in [0.717, 1.165) is 12.1 Å². The molecule has 0 atom stereocenters. The lowest BCUT2D eigenvalue weighted by atomic mass is 9.79. The maximum atomic E-state index is 14.9. The second kappa shape index (κ2) is 8.15. The maximum absolute atomic E-state index is 14.9. The van der Waals surface area contributed by atoms with E-state index in [4.69, 9.17) is 0 Å². The predicted octanol–water partition coefficient (Wildman–Crippen LogP) is 4.80. The minimum Gasteiger partial charge on any atom is -0.435 e. The highest BCUT2D eigenvalue weighted by Gasteiger charge is 2.39. The van der Waals surface area contributed by atoms with Crippen molar-refractivity contribution in [3.63, 3.8) is 0 Å². The van der Waals surface area contributed by atoms with Gasteiger partial charge in [0.15, 0.2) is 5.82 Å². The molecule has 170 valence electrons. The van der Waals surface area contributed by atoms with Gasteiger partial charge in [-0.3, -0.25) is 0 Å². The molecule has 3 heterocycles. The number of halogens is 3. The Hall–Kier alpha value is -3.46. The number of pyridine rings is 1. The predicted molar refractivity (Wildman–Crippen MR) is 115 cm³/mol. The van der Waals surface area contributed by atoms with Crippen molar-refractivity contribution in [2.45, 2.75) is 44.8 Å². The first kappa shape index (κ1) is 21.4. The third-order valence-electron chi connectivity index (χ3n) is 6.12. The quantitative estimate of drug-likeness (QED) is 0.453. The van der Waals surface area contributed by atoms with E-state index in [0.29, 0.717) is 41.1 Å². The Morgan fingerprint density at radius 1 is 1.18 bits per heavy atom. The summed E-state index contributed by atoms with van der Waals surface area (Å²) >= 11 is 0. The smallest absolute Gasteiger partial charge is 0.387 e. The molecule has 6 nitrogen and oxygen atoms in total. The van der Waals surface area contributed by atoms with Crippen LogP contribution in [-0.4, -0.2) is 31.1 Å². The average molecular weight is 454 g/mol. The van der Waals surface area contributed by atoms with Gasteiger partial charge in [-0.15, -0.1) is 0 Å². The Morgan fingerprint density at radius 2 is 1.91 bits per heavy atom. The van der Waals surface area contributed by atoms with Crippen LogP contribution in [0.5, 0.6) is 5.75 Å². The topological polar surface area (TPSA) is 72.5 Å². The Morgan fingerprint density at radius 3 is 2.58 bits per heavy atom. The van der Waals surface area contributed by atoms with Crippen molar-refractivity contribution in [2.75, 3.05) is 0 Å². The van der Waals surface area contributed by atoms with E-state index in [1.165, 1.54) is 24.5 Å². The van der Waals surface area contributed by atoms with Crippen LogP contribution < -0.4 is 4.74 Å². The van der Waals surface area contributed by atoms with Crippen molar-refractivity contribution in [1.29, 1.82) is 0 Å². The van der Waals surface area contributed by atoms with Crippen LogP contribution in [0.1, 0.15) is 42.0 Å². The first-order chi connectivity index (χ1) is 15.8. The van der Waals surface area contributed by atoms with E-state index in [1.807, 2.05) is 0 Å². The molecule has 0 aliphatic heterocycles. The number of aryl methyl sites for hydroxylation is 1.